The number of unbranched alkanes of at least 4 members (excludes halogenated alkanes) is 3. The fourth-order valence-corrected chi connectivity index (χ4v) is 1.62. The maximum Gasteiger partial charge on any atom is 0.157 e. The quantitative estimate of drug-likeness (QED) is 0.673. The molecule has 0 unspecified atom stereocenters. The van der Waals surface area contributed by atoms with Crippen LogP contribution < -0.4 is 10.1 Å². The van der Waals surface area contributed by atoms with E-state index in [-0.39, 0.29) is 0 Å². The topological polar surface area (TPSA) is 39.1 Å². The van der Waals surface area contributed by atoms with E-state index in [0.717, 1.165) is 25.3 Å². The zero-order chi connectivity index (χ0) is 12.5. The van der Waals surface area contributed by atoms with Crippen molar-refractivity contribution in [3.8, 4) is 5.75 Å². The smallest absolute Gasteiger partial charge is 0.157 e. The van der Waals surface area contributed by atoms with Gasteiger partial charge in [-0.1, -0.05) is 12.8 Å². The molecule has 0 saturated heterocycles. The first kappa shape index (κ1) is 14.0. The van der Waals surface area contributed by atoms with Gasteiger partial charge in [-0.2, -0.15) is 5.10 Å². The Balaban J connectivity index is 2.05. The van der Waals surface area contributed by atoms with E-state index in [0.29, 0.717) is 6.04 Å². The molecule has 1 heterocycles. The maximum atomic E-state index is 5.64. The predicted molar refractivity (Wildman–Crippen MR) is 70.5 cm³/mol. The van der Waals surface area contributed by atoms with E-state index in [1.807, 2.05) is 17.9 Å². The van der Waals surface area contributed by atoms with E-state index in [1.165, 1.54) is 19.3 Å². The number of rotatable bonds is 9. The summed E-state index contributed by atoms with van der Waals surface area (Å²) in [5.74, 6) is 0.883. The molecule has 0 amide bonds. The van der Waals surface area contributed by atoms with Crippen LogP contribution in [0.3, 0.4) is 0 Å². The van der Waals surface area contributed by atoms with Gasteiger partial charge in [-0.05, 0) is 40.3 Å². The molecule has 0 bridgehead atoms. The molecule has 0 atom stereocenters. The minimum absolute atomic E-state index is 0.397. The SMILES string of the molecule is CNCCCCCCOc1cnn(C(C)C)c1. The van der Waals surface area contributed by atoms with E-state index in [1.54, 1.807) is 6.20 Å². The van der Waals surface area contributed by atoms with Gasteiger partial charge >= 0.3 is 0 Å². The Morgan fingerprint density at radius 3 is 2.71 bits per heavy atom. The van der Waals surface area contributed by atoms with Gasteiger partial charge < -0.3 is 10.1 Å². The normalized spacial score (nSPS) is 11.1. The summed E-state index contributed by atoms with van der Waals surface area (Å²) < 4.78 is 7.56. The Labute approximate surface area is 104 Å². The highest BCUT2D eigenvalue weighted by atomic mass is 16.5. The second-order valence-corrected chi connectivity index (χ2v) is 4.62. The van der Waals surface area contributed by atoms with E-state index >= 15 is 0 Å². The largest absolute Gasteiger partial charge is 0.490 e. The molecule has 1 aromatic heterocycles. The van der Waals surface area contributed by atoms with Crippen molar-refractivity contribution in [3.63, 3.8) is 0 Å². The average molecular weight is 239 g/mol. The van der Waals surface area contributed by atoms with E-state index in [2.05, 4.69) is 24.3 Å². The molecule has 98 valence electrons. The summed E-state index contributed by atoms with van der Waals surface area (Å²) in [6.45, 7) is 6.13. The molecular formula is C13H25N3O. The van der Waals surface area contributed by atoms with Gasteiger partial charge in [0.25, 0.3) is 0 Å². The number of aromatic nitrogens is 2. The highest BCUT2D eigenvalue weighted by Gasteiger charge is 2.01. The Kier molecular flexibility index (Phi) is 6.70. The molecule has 0 aliphatic heterocycles. The molecule has 0 radical (unpaired) electrons. The third-order valence-electron chi connectivity index (χ3n) is 2.70. The lowest BCUT2D eigenvalue weighted by atomic mass is 10.2. The van der Waals surface area contributed by atoms with Crippen LogP contribution in [0.5, 0.6) is 5.75 Å². The fourth-order valence-electron chi connectivity index (χ4n) is 1.62. The standard InChI is InChI=1S/C13H25N3O/c1-12(2)16-11-13(10-15-16)17-9-7-5-4-6-8-14-3/h10-12,14H,4-9H2,1-3H3. The zero-order valence-corrected chi connectivity index (χ0v) is 11.3. The Bertz CT molecular complexity index is 297. The van der Waals surface area contributed by atoms with Gasteiger partial charge in [0.15, 0.2) is 5.75 Å². The number of hydrogen-bond donors (Lipinski definition) is 1. The number of nitrogens with one attached hydrogen (secondary N) is 1. The van der Waals surface area contributed by atoms with Crippen molar-refractivity contribution in [3.05, 3.63) is 12.4 Å². The molecule has 0 fully saturated rings. The van der Waals surface area contributed by atoms with Crippen LogP contribution in [0.2, 0.25) is 0 Å². The van der Waals surface area contributed by atoms with Gasteiger partial charge in [0, 0.05) is 6.04 Å². The lowest BCUT2D eigenvalue weighted by molar-refractivity contribution is 0.304. The predicted octanol–water partition coefficient (Wildman–Crippen LogP) is 2.62. The summed E-state index contributed by atoms with van der Waals surface area (Å²) in [4.78, 5) is 0. The van der Waals surface area contributed by atoms with Gasteiger partial charge in [-0.3, -0.25) is 4.68 Å². The Hall–Kier alpha value is -1.03. The van der Waals surface area contributed by atoms with Crippen LogP contribution >= 0.6 is 0 Å². The fraction of sp³-hybridized carbons (Fsp3) is 0.769. The minimum atomic E-state index is 0.397. The molecule has 0 saturated carbocycles. The van der Waals surface area contributed by atoms with Crippen LogP contribution in [-0.2, 0) is 0 Å². The molecule has 4 nitrogen and oxygen atoms in total. The molecule has 0 spiro atoms. The summed E-state index contributed by atoms with van der Waals surface area (Å²) in [6, 6.07) is 0.397. The molecule has 0 aromatic carbocycles. The highest BCUT2D eigenvalue weighted by Crippen LogP contribution is 2.12. The maximum absolute atomic E-state index is 5.64. The Morgan fingerprint density at radius 2 is 2.06 bits per heavy atom. The first-order valence-corrected chi connectivity index (χ1v) is 6.55. The van der Waals surface area contributed by atoms with Gasteiger partial charge in [0.05, 0.1) is 19.0 Å². The first-order chi connectivity index (χ1) is 8.24. The van der Waals surface area contributed by atoms with Crippen LogP contribution in [0, 0.1) is 0 Å². The van der Waals surface area contributed by atoms with Crippen LogP contribution in [0.25, 0.3) is 0 Å². The number of ether oxygens (including phenoxy) is 1. The van der Waals surface area contributed by atoms with Gasteiger partial charge in [0.1, 0.15) is 0 Å². The third-order valence-corrected chi connectivity index (χ3v) is 2.70. The summed E-state index contributed by atoms with van der Waals surface area (Å²) in [6.07, 6.45) is 8.64. The van der Waals surface area contributed by atoms with Crippen molar-refractivity contribution >= 4 is 0 Å². The molecular weight excluding hydrogens is 214 g/mol. The molecule has 1 aromatic rings. The van der Waals surface area contributed by atoms with Crippen molar-refractivity contribution in [1.82, 2.24) is 15.1 Å². The first-order valence-electron chi connectivity index (χ1n) is 6.55. The van der Waals surface area contributed by atoms with Crippen LogP contribution in [0.15, 0.2) is 12.4 Å². The second kappa shape index (κ2) is 8.12. The molecule has 17 heavy (non-hydrogen) atoms. The monoisotopic (exact) mass is 239 g/mol. The molecule has 1 rings (SSSR count). The van der Waals surface area contributed by atoms with E-state index in [4.69, 9.17) is 4.74 Å². The highest BCUT2D eigenvalue weighted by molar-refractivity contribution is 5.11. The average Bonchev–Trinajstić information content (AvgIpc) is 2.77. The molecule has 0 aliphatic rings. The summed E-state index contributed by atoms with van der Waals surface area (Å²) in [7, 11) is 2.00. The van der Waals surface area contributed by atoms with Crippen LogP contribution in [0.4, 0.5) is 0 Å². The Morgan fingerprint density at radius 1 is 1.29 bits per heavy atom. The third kappa shape index (κ3) is 5.73. The van der Waals surface area contributed by atoms with E-state index in [9.17, 15) is 0 Å². The zero-order valence-electron chi connectivity index (χ0n) is 11.3. The van der Waals surface area contributed by atoms with Crippen molar-refractivity contribution in [2.75, 3.05) is 20.2 Å². The molecule has 1 N–H and O–H groups in total. The minimum Gasteiger partial charge on any atom is -0.490 e. The van der Waals surface area contributed by atoms with Crippen molar-refractivity contribution < 1.29 is 4.74 Å². The summed E-state index contributed by atoms with van der Waals surface area (Å²) in [5, 5.41) is 7.39. The molecule has 0 aliphatic carbocycles. The lowest BCUT2D eigenvalue weighted by Crippen LogP contribution is -2.07. The van der Waals surface area contributed by atoms with Crippen molar-refractivity contribution in [1.29, 1.82) is 0 Å². The van der Waals surface area contributed by atoms with Gasteiger partial charge in [0.2, 0.25) is 0 Å². The van der Waals surface area contributed by atoms with E-state index < -0.39 is 0 Å². The van der Waals surface area contributed by atoms with Crippen LogP contribution in [0.1, 0.15) is 45.6 Å². The van der Waals surface area contributed by atoms with Gasteiger partial charge in [-0.25, -0.2) is 0 Å². The van der Waals surface area contributed by atoms with Gasteiger partial charge in [-0.15, -0.1) is 0 Å². The van der Waals surface area contributed by atoms with Crippen molar-refractivity contribution in [2.24, 2.45) is 0 Å². The number of hydrogen-bond acceptors (Lipinski definition) is 3. The lowest BCUT2D eigenvalue weighted by Gasteiger charge is -2.04. The van der Waals surface area contributed by atoms with Crippen LogP contribution in [-0.4, -0.2) is 30.0 Å². The summed E-state index contributed by atoms with van der Waals surface area (Å²) in [5.41, 5.74) is 0. The second-order valence-electron chi connectivity index (χ2n) is 4.62. The number of nitrogens with zero attached hydrogens (tertiary/aromatic N) is 2. The van der Waals surface area contributed by atoms with Crippen molar-refractivity contribution in [2.45, 2.75) is 45.6 Å². The summed E-state index contributed by atoms with van der Waals surface area (Å²) >= 11 is 0. The molecule has 4 heteroatoms.